The van der Waals surface area contributed by atoms with Gasteiger partial charge >= 0.3 is 0 Å². The zero-order valence-electron chi connectivity index (χ0n) is 12.2. The van der Waals surface area contributed by atoms with Crippen LogP contribution < -0.4 is 0 Å². The monoisotopic (exact) mass is 315 g/mol. The lowest BCUT2D eigenvalue weighted by Gasteiger charge is -2.11. The number of imidazole rings is 1. The first-order valence-corrected chi connectivity index (χ1v) is 7.01. The van der Waals surface area contributed by atoms with Gasteiger partial charge in [0.15, 0.2) is 11.6 Å². The lowest BCUT2D eigenvalue weighted by molar-refractivity contribution is 0.509. The van der Waals surface area contributed by atoms with Crippen molar-refractivity contribution in [2.45, 2.75) is 13.5 Å². The number of rotatable bonds is 3. The number of hydrogen-bond donors (Lipinski definition) is 0. The summed E-state index contributed by atoms with van der Waals surface area (Å²) in [6.45, 7) is 1.89. The van der Waals surface area contributed by atoms with E-state index in [1.165, 1.54) is 12.1 Å². The Morgan fingerprint density at radius 3 is 2.52 bits per heavy atom. The molecule has 0 saturated carbocycles. The third-order valence-corrected chi connectivity index (χ3v) is 3.58. The minimum absolute atomic E-state index is 0.196. The summed E-state index contributed by atoms with van der Waals surface area (Å²) in [5.74, 6) is -2.68. The highest BCUT2D eigenvalue weighted by atomic mass is 19.2. The van der Waals surface area contributed by atoms with Gasteiger partial charge in [-0.15, -0.1) is 0 Å². The Labute approximate surface area is 130 Å². The molecule has 0 aliphatic rings. The van der Waals surface area contributed by atoms with Crippen molar-refractivity contribution < 1.29 is 13.2 Å². The average Bonchev–Trinajstić information content (AvgIpc) is 2.86. The molecular formula is C17H12F3N3. The molecule has 0 amide bonds. The van der Waals surface area contributed by atoms with E-state index in [0.29, 0.717) is 5.52 Å². The van der Waals surface area contributed by atoms with Crippen LogP contribution in [0, 0.1) is 34.7 Å². The summed E-state index contributed by atoms with van der Waals surface area (Å²) >= 11 is 0. The molecule has 3 nitrogen and oxygen atoms in total. The zero-order chi connectivity index (χ0) is 16.6. The molecule has 0 aliphatic carbocycles. The fourth-order valence-corrected chi connectivity index (χ4v) is 2.47. The Morgan fingerprint density at radius 2 is 1.83 bits per heavy atom. The summed E-state index contributed by atoms with van der Waals surface area (Å²) in [7, 11) is 0. The number of benzene rings is 2. The molecule has 1 unspecified atom stereocenters. The first-order chi connectivity index (χ1) is 11.0. The molecule has 0 N–H and O–H groups in total. The van der Waals surface area contributed by atoms with Gasteiger partial charge in [-0.3, -0.25) is 0 Å². The van der Waals surface area contributed by atoms with Gasteiger partial charge in [-0.2, -0.15) is 5.26 Å². The maximum absolute atomic E-state index is 14.1. The molecule has 3 rings (SSSR count). The largest absolute Gasteiger partial charge is 0.322 e. The van der Waals surface area contributed by atoms with Crippen molar-refractivity contribution in [2.24, 2.45) is 5.92 Å². The maximum Gasteiger partial charge on any atom is 0.161 e. The van der Waals surface area contributed by atoms with E-state index in [2.05, 4.69) is 11.1 Å². The topological polar surface area (TPSA) is 41.6 Å². The molecule has 1 heterocycles. The summed E-state index contributed by atoms with van der Waals surface area (Å²) in [5, 5.41) is 9.03. The van der Waals surface area contributed by atoms with Crippen LogP contribution in [0.2, 0.25) is 0 Å². The molecule has 23 heavy (non-hydrogen) atoms. The van der Waals surface area contributed by atoms with E-state index in [0.717, 1.165) is 12.1 Å². The van der Waals surface area contributed by atoms with Crippen LogP contribution in [0.1, 0.15) is 6.92 Å². The molecule has 0 radical (unpaired) electrons. The van der Waals surface area contributed by atoms with E-state index in [-0.39, 0.29) is 23.4 Å². The van der Waals surface area contributed by atoms with Gasteiger partial charge in [0.2, 0.25) is 0 Å². The standard InChI is InChI=1S/C17H12F3N3/c1-10(8-21)9-23-16-7-14(20)13(19)6-15(16)22-17(23)11-4-2-3-5-12(11)18/h2-7,10H,9H2,1H3. The van der Waals surface area contributed by atoms with Crippen molar-refractivity contribution in [3.05, 3.63) is 53.8 Å². The molecule has 0 fully saturated rings. The highest BCUT2D eigenvalue weighted by molar-refractivity contribution is 5.81. The van der Waals surface area contributed by atoms with Gasteiger partial charge in [0, 0.05) is 18.7 Å². The molecule has 116 valence electrons. The highest BCUT2D eigenvalue weighted by Crippen LogP contribution is 2.29. The third-order valence-electron chi connectivity index (χ3n) is 3.58. The van der Waals surface area contributed by atoms with Gasteiger partial charge in [-0.05, 0) is 19.1 Å². The lowest BCUT2D eigenvalue weighted by atomic mass is 10.1. The zero-order valence-corrected chi connectivity index (χ0v) is 12.2. The average molecular weight is 315 g/mol. The van der Waals surface area contributed by atoms with Gasteiger partial charge in [0.05, 0.1) is 28.6 Å². The fraction of sp³-hybridized carbons (Fsp3) is 0.176. The minimum Gasteiger partial charge on any atom is -0.322 e. The Balaban J connectivity index is 2.30. The second-order valence-electron chi connectivity index (χ2n) is 5.31. The van der Waals surface area contributed by atoms with Crippen LogP contribution in [-0.2, 0) is 6.54 Å². The van der Waals surface area contributed by atoms with Gasteiger partial charge in [-0.1, -0.05) is 12.1 Å². The molecule has 0 bridgehead atoms. The summed E-state index contributed by atoms with van der Waals surface area (Å²) in [5.41, 5.74) is 0.756. The van der Waals surface area contributed by atoms with E-state index >= 15 is 0 Å². The third kappa shape index (κ3) is 2.66. The summed E-state index contributed by atoms with van der Waals surface area (Å²) < 4.78 is 42.7. The van der Waals surface area contributed by atoms with Crippen LogP contribution in [0.3, 0.4) is 0 Å². The molecule has 1 aromatic heterocycles. The fourth-order valence-electron chi connectivity index (χ4n) is 2.47. The van der Waals surface area contributed by atoms with Crippen LogP contribution in [0.5, 0.6) is 0 Å². The predicted molar refractivity (Wildman–Crippen MR) is 79.8 cm³/mol. The Morgan fingerprint density at radius 1 is 1.13 bits per heavy atom. The first-order valence-electron chi connectivity index (χ1n) is 7.01. The van der Waals surface area contributed by atoms with Crippen molar-refractivity contribution in [3.8, 4) is 17.5 Å². The van der Waals surface area contributed by atoms with Crippen molar-refractivity contribution >= 4 is 11.0 Å². The Bertz CT molecular complexity index is 925. The molecule has 0 aliphatic heterocycles. The number of fused-ring (bicyclic) bond motifs is 1. The highest BCUT2D eigenvalue weighted by Gasteiger charge is 2.19. The Kier molecular flexibility index (Phi) is 3.78. The second-order valence-corrected chi connectivity index (χ2v) is 5.31. The van der Waals surface area contributed by atoms with Gasteiger partial charge in [-0.25, -0.2) is 18.2 Å². The Hall–Kier alpha value is -2.81. The quantitative estimate of drug-likeness (QED) is 0.724. The van der Waals surface area contributed by atoms with Crippen LogP contribution in [0.4, 0.5) is 13.2 Å². The van der Waals surface area contributed by atoms with E-state index in [1.54, 1.807) is 23.6 Å². The van der Waals surface area contributed by atoms with Gasteiger partial charge in [0.1, 0.15) is 11.6 Å². The van der Waals surface area contributed by atoms with Crippen molar-refractivity contribution in [1.82, 2.24) is 9.55 Å². The second kappa shape index (κ2) is 5.76. The smallest absolute Gasteiger partial charge is 0.161 e. The van der Waals surface area contributed by atoms with Crippen LogP contribution in [-0.4, -0.2) is 9.55 Å². The molecule has 2 aromatic carbocycles. The summed E-state index contributed by atoms with van der Waals surface area (Å²) in [6, 6.07) is 10.1. The lowest BCUT2D eigenvalue weighted by Crippen LogP contribution is -2.08. The van der Waals surface area contributed by atoms with Crippen LogP contribution >= 0.6 is 0 Å². The number of nitrogens with zero attached hydrogens (tertiary/aromatic N) is 3. The normalized spacial score (nSPS) is 12.3. The minimum atomic E-state index is -1.02. The van der Waals surface area contributed by atoms with E-state index < -0.39 is 23.4 Å². The van der Waals surface area contributed by atoms with E-state index in [1.807, 2.05) is 0 Å². The van der Waals surface area contributed by atoms with Crippen molar-refractivity contribution in [2.75, 3.05) is 0 Å². The van der Waals surface area contributed by atoms with Crippen molar-refractivity contribution in [1.29, 1.82) is 5.26 Å². The summed E-state index contributed by atoms with van der Waals surface area (Å²) in [4.78, 5) is 4.24. The van der Waals surface area contributed by atoms with E-state index in [9.17, 15) is 13.2 Å². The maximum atomic E-state index is 14.1. The first kappa shape index (κ1) is 15.1. The van der Waals surface area contributed by atoms with Crippen LogP contribution in [0.25, 0.3) is 22.4 Å². The number of hydrogen-bond acceptors (Lipinski definition) is 2. The van der Waals surface area contributed by atoms with Gasteiger partial charge < -0.3 is 4.57 Å². The molecule has 1 atom stereocenters. The number of halogens is 3. The molecule has 3 aromatic rings. The molecule has 0 spiro atoms. The van der Waals surface area contributed by atoms with Crippen LogP contribution in [0.15, 0.2) is 36.4 Å². The summed E-state index contributed by atoms with van der Waals surface area (Å²) in [6.07, 6.45) is 0. The molecule has 0 saturated heterocycles. The molecule has 6 heteroatoms. The molecular weight excluding hydrogens is 303 g/mol. The predicted octanol–water partition coefficient (Wildman–Crippen LogP) is 4.28. The number of aromatic nitrogens is 2. The van der Waals surface area contributed by atoms with Crippen molar-refractivity contribution in [3.63, 3.8) is 0 Å². The number of nitriles is 1. The van der Waals surface area contributed by atoms with E-state index in [4.69, 9.17) is 5.26 Å². The van der Waals surface area contributed by atoms with Gasteiger partial charge in [0.25, 0.3) is 0 Å². The SMILES string of the molecule is CC(C#N)Cn1c(-c2ccccc2F)nc2cc(F)c(F)cc21.